The van der Waals surface area contributed by atoms with Gasteiger partial charge in [0.15, 0.2) is 5.54 Å². The Morgan fingerprint density at radius 3 is 2.76 bits per heavy atom. The fourth-order valence-corrected chi connectivity index (χ4v) is 2.22. The number of carbonyl (C=O) groups is 2. The van der Waals surface area contributed by atoms with Gasteiger partial charge in [0.25, 0.3) is 0 Å². The SMILES string of the molecule is O=C(CC1CCCO1)NC1(C(=O)O)CCOC1. The van der Waals surface area contributed by atoms with Crippen LogP contribution in [0.2, 0.25) is 0 Å². The van der Waals surface area contributed by atoms with Gasteiger partial charge in [-0.1, -0.05) is 0 Å². The first kappa shape index (κ1) is 12.3. The van der Waals surface area contributed by atoms with Gasteiger partial charge in [0.05, 0.1) is 19.1 Å². The molecule has 17 heavy (non-hydrogen) atoms. The fraction of sp³-hybridized carbons (Fsp3) is 0.818. The molecule has 0 aromatic heterocycles. The number of hydrogen-bond acceptors (Lipinski definition) is 4. The Morgan fingerprint density at radius 1 is 1.41 bits per heavy atom. The standard InChI is InChI=1S/C11H17NO5/c13-9(6-8-2-1-4-17-8)12-11(10(14)15)3-5-16-7-11/h8H,1-7H2,(H,12,13)(H,14,15). The van der Waals surface area contributed by atoms with Crippen LogP contribution in [0.4, 0.5) is 0 Å². The Kier molecular flexibility index (Phi) is 3.63. The maximum absolute atomic E-state index is 11.8. The van der Waals surface area contributed by atoms with E-state index in [9.17, 15) is 9.59 Å². The zero-order chi connectivity index (χ0) is 12.3. The summed E-state index contributed by atoms with van der Waals surface area (Å²) in [4.78, 5) is 22.9. The minimum absolute atomic E-state index is 0.0413. The molecular formula is C11H17NO5. The molecule has 0 aliphatic carbocycles. The average Bonchev–Trinajstić information content (AvgIpc) is 2.89. The molecule has 6 nitrogen and oxygen atoms in total. The van der Waals surface area contributed by atoms with Gasteiger partial charge < -0.3 is 19.9 Å². The van der Waals surface area contributed by atoms with Crippen molar-refractivity contribution in [2.45, 2.75) is 37.3 Å². The van der Waals surface area contributed by atoms with Crippen molar-refractivity contribution in [1.29, 1.82) is 0 Å². The molecule has 2 rings (SSSR count). The van der Waals surface area contributed by atoms with E-state index in [1.807, 2.05) is 0 Å². The molecule has 2 atom stereocenters. The monoisotopic (exact) mass is 243 g/mol. The Morgan fingerprint density at radius 2 is 2.24 bits per heavy atom. The van der Waals surface area contributed by atoms with Crippen LogP contribution in [0.25, 0.3) is 0 Å². The Hall–Kier alpha value is -1.14. The third kappa shape index (κ3) is 2.76. The number of carboxylic acids is 1. The molecular weight excluding hydrogens is 226 g/mol. The molecule has 2 heterocycles. The number of hydrogen-bond donors (Lipinski definition) is 2. The predicted molar refractivity (Wildman–Crippen MR) is 57.5 cm³/mol. The van der Waals surface area contributed by atoms with Crippen LogP contribution in [0.1, 0.15) is 25.7 Å². The molecule has 2 saturated heterocycles. The normalized spacial score (nSPS) is 32.6. The second-order valence-corrected chi connectivity index (χ2v) is 4.58. The highest BCUT2D eigenvalue weighted by molar-refractivity contribution is 5.87. The van der Waals surface area contributed by atoms with E-state index >= 15 is 0 Å². The smallest absolute Gasteiger partial charge is 0.331 e. The predicted octanol–water partition coefficient (Wildman–Crippen LogP) is -0.0846. The van der Waals surface area contributed by atoms with Gasteiger partial charge >= 0.3 is 5.97 Å². The number of nitrogens with one attached hydrogen (secondary N) is 1. The van der Waals surface area contributed by atoms with Crippen molar-refractivity contribution in [2.24, 2.45) is 0 Å². The molecule has 0 spiro atoms. The molecule has 0 aromatic rings. The van der Waals surface area contributed by atoms with Crippen LogP contribution >= 0.6 is 0 Å². The van der Waals surface area contributed by atoms with Crippen LogP contribution in [0.3, 0.4) is 0 Å². The van der Waals surface area contributed by atoms with E-state index in [0.717, 1.165) is 12.8 Å². The van der Waals surface area contributed by atoms with Crippen molar-refractivity contribution in [3.8, 4) is 0 Å². The number of aliphatic carboxylic acids is 1. The van der Waals surface area contributed by atoms with Crippen molar-refractivity contribution in [2.75, 3.05) is 19.8 Å². The third-order valence-corrected chi connectivity index (χ3v) is 3.25. The highest BCUT2D eigenvalue weighted by Gasteiger charge is 2.44. The number of rotatable bonds is 4. The van der Waals surface area contributed by atoms with Crippen LogP contribution in [0.15, 0.2) is 0 Å². The van der Waals surface area contributed by atoms with Gasteiger partial charge in [0, 0.05) is 19.6 Å². The summed E-state index contributed by atoms with van der Waals surface area (Å²) in [7, 11) is 0. The first-order chi connectivity index (χ1) is 8.12. The number of amides is 1. The fourth-order valence-electron chi connectivity index (χ4n) is 2.22. The van der Waals surface area contributed by atoms with E-state index in [-0.39, 0.29) is 25.0 Å². The molecule has 2 unspecified atom stereocenters. The highest BCUT2D eigenvalue weighted by Crippen LogP contribution is 2.20. The summed E-state index contributed by atoms with van der Waals surface area (Å²) in [5.41, 5.74) is -1.24. The molecule has 0 bridgehead atoms. The van der Waals surface area contributed by atoms with Crippen molar-refractivity contribution in [1.82, 2.24) is 5.32 Å². The molecule has 2 aliphatic rings. The van der Waals surface area contributed by atoms with Crippen LogP contribution in [0, 0.1) is 0 Å². The van der Waals surface area contributed by atoms with E-state index in [1.54, 1.807) is 0 Å². The Labute approximate surface area is 99.3 Å². The van der Waals surface area contributed by atoms with Crippen molar-refractivity contribution >= 4 is 11.9 Å². The molecule has 2 aliphatic heterocycles. The molecule has 2 fully saturated rings. The van der Waals surface area contributed by atoms with Gasteiger partial charge in [-0.25, -0.2) is 4.79 Å². The summed E-state index contributed by atoms with van der Waals surface area (Å²) in [5, 5.41) is 11.7. The van der Waals surface area contributed by atoms with E-state index < -0.39 is 11.5 Å². The highest BCUT2D eigenvalue weighted by atomic mass is 16.5. The lowest BCUT2D eigenvalue weighted by Gasteiger charge is -2.24. The van der Waals surface area contributed by atoms with Gasteiger partial charge in [-0.3, -0.25) is 4.79 Å². The van der Waals surface area contributed by atoms with Crippen LogP contribution in [0.5, 0.6) is 0 Å². The topological polar surface area (TPSA) is 84.9 Å². The van der Waals surface area contributed by atoms with Gasteiger partial charge in [-0.15, -0.1) is 0 Å². The summed E-state index contributed by atoms with van der Waals surface area (Å²) < 4.78 is 10.4. The quantitative estimate of drug-likeness (QED) is 0.721. The van der Waals surface area contributed by atoms with Crippen LogP contribution < -0.4 is 5.32 Å². The average molecular weight is 243 g/mol. The third-order valence-electron chi connectivity index (χ3n) is 3.25. The zero-order valence-electron chi connectivity index (χ0n) is 9.61. The Balaban J connectivity index is 1.89. The molecule has 0 radical (unpaired) electrons. The van der Waals surface area contributed by atoms with Crippen molar-refractivity contribution < 1.29 is 24.2 Å². The molecule has 1 amide bonds. The summed E-state index contributed by atoms with van der Waals surface area (Å²) in [6, 6.07) is 0. The first-order valence-corrected chi connectivity index (χ1v) is 5.86. The van der Waals surface area contributed by atoms with Gasteiger partial charge in [0.1, 0.15) is 0 Å². The molecule has 0 aromatic carbocycles. The van der Waals surface area contributed by atoms with Crippen molar-refractivity contribution in [3.05, 3.63) is 0 Å². The molecule has 2 N–H and O–H groups in total. The van der Waals surface area contributed by atoms with Gasteiger partial charge in [-0.05, 0) is 12.8 Å². The van der Waals surface area contributed by atoms with Crippen LogP contribution in [-0.4, -0.2) is 48.4 Å². The number of carboxylic acid groups (broad SMARTS) is 1. The van der Waals surface area contributed by atoms with E-state index in [1.165, 1.54) is 0 Å². The Bertz CT molecular complexity index is 305. The van der Waals surface area contributed by atoms with Gasteiger partial charge in [0.2, 0.25) is 5.91 Å². The lowest BCUT2D eigenvalue weighted by atomic mass is 9.98. The second-order valence-electron chi connectivity index (χ2n) is 4.58. The summed E-state index contributed by atoms with van der Waals surface area (Å²) in [6.07, 6.45) is 2.31. The van der Waals surface area contributed by atoms with Crippen LogP contribution in [-0.2, 0) is 19.1 Å². The zero-order valence-corrected chi connectivity index (χ0v) is 9.61. The van der Waals surface area contributed by atoms with Crippen molar-refractivity contribution in [3.63, 3.8) is 0 Å². The van der Waals surface area contributed by atoms with E-state index in [2.05, 4.69) is 5.32 Å². The summed E-state index contributed by atoms with van der Waals surface area (Å²) >= 11 is 0. The first-order valence-electron chi connectivity index (χ1n) is 5.86. The molecule has 6 heteroatoms. The van der Waals surface area contributed by atoms with E-state index in [0.29, 0.717) is 19.6 Å². The molecule has 96 valence electrons. The summed E-state index contributed by atoms with van der Waals surface area (Å²) in [5.74, 6) is -1.31. The second kappa shape index (κ2) is 5.01. The van der Waals surface area contributed by atoms with E-state index in [4.69, 9.17) is 14.6 Å². The lowest BCUT2D eigenvalue weighted by Crippen LogP contribution is -2.55. The summed E-state index contributed by atoms with van der Waals surface area (Å²) in [6.45, 7) is 1.09. The van der Waals surface area contributed by atoms with Gasteiger partial charge in [-0.2, -0.15) is 0 Å². The lowest BCUT2D eigenvalue weighted by molar-refractivity contribution is -0.148. The largest absolute Gasteiger partial charge is 0.479 e. The number of carbonyl (C=O) groups excluding carboxylic acids is 1. The number of ether oxygens (including phenoxy) is 2. The minimum Gasteiger partial charge on any atom is -0.479 e. The maximum atomic E-state index is 11.8. The minimum atomic E-state index is -1.24. The maximum Gasteiger partial charge on any atom is 0.331 e. The molecule has 0 saturated carbocycles.